The van der Waals surface area contributed by atoms with Crippen LogP contribution in [0, 0.1) is 0 Å². The van der Waals surface area contributed by atoms with Crippen molar-refractivity contribution in [2.75, 3.05) is 29.9 Å². The lowest BCUT2D eigenvalue weighted by molar-refractivity contribution is -0.140. The number of alkyl halides is 3. The topological polar surface area (TPSA) is 122 Å². The molecule has 0 radical (unpaired) electrons. The van der Waals surface area contributed by atoms with Gasteiger partial charge in [0.05, 0.1) is 11.0 Å². The molecule has 1 aliphatic heterocycles. The first-order valence-electron chi connectivity index (χ1n) is 12.1. The highest BCUT2D eigenvalue weighted by Crippen LogP contribution is 2.42. The summed E-state index contributed by atoms with van der Waals surface area (Å²) in [5, 5.41) is 6.35. The number of halogens is 3. The summed E-state index contributed by atoms with van der Waals surface area (Å²) in [7, 11) is 0. The lowest BCUT2D eigenvalue weighted by atomic mass is 9.99. The van der Waals surface area contributed by atoms with Crippen molar-refractivity contribution in [3.8, 4) is 21.7 Å². The molecule has 0 bridgehead atoms. The number of nitrogens with two attached hydrogens (primary N) is 1. The number of piperidine rings is 1. The van der Waals surface area contributed by atoms with Crippen LogP contribution in [0.2, 0.25) is 0 Å². The fourth-order valence-electron chi connectivity index (χ4n) is 4.30. The second kappa shape index (κ2) is 10.5. The smallest absolute Gasteiger partial charge is 0.356 e. The van der Waals surface area contributed by atoms with E-state index >= 15 is 0 Å². The van der Waals surface area contributed by atoms with Gasteiger partial charge in [0, 0.05) is 60.1 Å². The van der Waals surface area contributed by atoms with Crippen LogP contribution in [0.4, 0.5) is 29.6 Å². The highest BCUT2D eigenvalue weighted by atomic mass is 32.1. The molecule has 1 saturated heterocycles. The van der Waals surface area contributed by atoms with E-state index in [0.29, 0.717) is 53.2 Å². The van der Waals surface area contributed by atoms with Gasteiger partial charge in [0.1, 0.15) is 16.6 Å². The van der Waals surface area contributed by atoms with Crippen LogP contribution in [-0.4, -0.2) is 51.6 Å². The van der Waals surface area contributed by atoms with E-state index in [9.17, 15) is 18.0 Å². The molecule has 1 fully saturated rings. The number of nitrogens with zero attached hydrogens (tertiary/aromatic N) is 5. The predicted octanol–water partition coefficient (Wildman–Crippen LogP) is 4.90. The number of rotatable bonds is 5. The number of urea groups is 1. The molecule has 0 saturated carbocycles. The lowest BCUT2D eigenvalue weighted by Gasteiger charge is -2.32. The zero-order valence-electron chi connectivity index (χ0n) is 20.4. The Morgan fingerprint density at radius 3 is 2.63 bits per heavy atom. The number of carbonyl (C=O) groups excluding carboxylic acids is 1. The first-order chi connectivity index (χ1) is 18.2. The van der Waals surface area contributed by atoms with Gasteiger partial charge in [0.2, 0.25) is 0 Å². The molecule has 4 aromatic heterocycles. The fourth-order valence-corrected chi connectivity index (χ4v) is 5.16. The molecule has 1 aliphatic rings. The summed E-state index contributed by atoms with van der Waals surface area (Å²) in [6.45, 7) is 3.53. The van der Waals surface area contributed by atoms with E-state index in [-0.39, 0.29) is 16.9 Å². The summed E-state index contributed by atoms with van der Waals surface area (Å²) in [6, 6.07) is 6.68. The molecule has 0 atom stereocenters. The van der Waals surface area contributed by atoms with Gasteiger partial charge in [-0.15, -0.1) is 11.3 Å². The first kappa shape index (κ1) is 25.8. The summed E-state index contributed by atoms with van der Waals surface area (Å²) < 4.78 is 40.3. The van der Waals surface area contributed by atoms with Crippen LogP contribution in [0.5, 0.6) is 0 Å². The van der Waals surface area contributed by atoms with Crippen molar-refractivity contribution in [1.82, 2.24) is 25.3 Å². The van der Waals surface area contributed by atoms with Crippen LogP contribution in [-0.2, 0) is 6.18 Å². The Kier molecular flexibility index (Phi) is 7.13. The molecule has 5 rings (SSSR count). The maximum Gasteiger partial charge on any atom is 0.434 e. The molecule has 4 N–H and O–H groups in total. The third-order valence-corrected chi connectivity index (χ3v) is 7.08. The highest BCUT2D eigenvalue weighted by Gasteiger charge is 2.34. The Balaban J connectivity index is 1.69. The lowest BCUT2D eigenvalue weighted by Crippen LogP contribution is -2.40. The molecule has 0 aromatic carbocycles. The zero-order valence-corrected chi connectivity index (χ0v) is 21.2. The summed E-state index contributed by atoms with van der Waals surface area (Å²) in [4.78, 5) is 31.8. The van der Waals surface area contributed by atoms with Gasteiger partial charge in [0.25, 0.3) is 0 Å². The van der Waals surface area contributed by atoms with Crippen LogP contribution in [0.1, 0.15) is 25.5 Å². The number of anilines is 2. The summed E-state index contributed by atoms with van der Waals surface area (Å²) in [6.07, 6.45) is 0.164. The number of hydrogen-bond donors (Lipinski definition) is 3. The molecule has 38 heavy (non-hydrogen) atoms. The maximum absolute atomic E-state index is 13.4. The van der Waals surface area contributed by atoms with Crippen molar-refractivity contribution < 1.29 is 18.0 Å². The fraction of sp³-hybridized carbons (Fsp3) is 0.320. The van der Waals surface area contributed by atoms with E-state index in [0.717, 1.165) is 29.6 Å². The molecule has 0 unspecified atom stereocenters. The van der Waals surface area contributed by atoms with Gasteiger partial charge in [-0.1, -0.05) is 0 Å². The van der Waals surface area contributed by atoms with Crippen molar-refractivity contribution in [3.05, 3.63) is 47.7 Å². The van der Waals surface area contributed by atoms with Gasteiger partial charge in [-0.2, -0.15) is 13.2 Å². The molecule has 0 aliphatic carbocycles. The standard InChI is InChI=1S/C25H25F3N8OS/c1-2-30-24(37)35-21-11-16(23-34-20(13-38-23)25(26,27)28)17(12-32-21)15-10-19-18(4-3-7-31-19)33-22(15)36-8-5-14(29)6-9-36/h3-4,7,10-14H,2,5-6,8-9,29H2,1H3,(H2,30,32,35,37). The number of carbonyl (C=O) groups is 1. The van der Waals surface area contributed by atoms with Gasteiger partial charge in [-0.25, -0.2) is 19.7 Å². The Morgan fingerprint density at radius 2 is 1.92 bits per heavy atom. The molecule has 13 heteroatoms. The minimum absolute atomic E-state index is 0.102. The number of amides is 2. The van der Waals surface area contributed by atoms with E-state index in [1.807, 2.05) is 12.1 Å². The van der Waals surface area contributed by atoms with Crippen molar-refractivity contribution in [3.63, 3.8) is 0 Å². The number of thiazole rings is 1. The Morgan fingerprint density at radius 1 is 1.13 bits per heavy atom. The van der Waals surface area contributed by atoms with Crippen molar-refractivity contribution >= 4 is 40.0 Å². The van der Waals surface area contributed by atoms with E-state index in [1.54, 1.807) is 19.2 Å². The summed E-state index contributed by atoms with van der Waals surface area (Å²) in [5.41, 5.74) is 8.03. The number of nitrogens with one attached hydrogen (secondary N) is 2. The number of aromatic nitrogens is 4. The zero-order chi connectivity index (χ0) is 26.9. The van der Waals surface area contributed by atoms with Crippen molar-refractivity contribution in [2.24, 2.45) is 5.73 Å². The van der Waals surface area contributed by atoms with Gasteiger partial charge in [-0.3, -0.25) is 10.3 Å². The van der Waals surface area contributed by atoms with Crippen LogP contribution >= 0.6 is 11.3 Å². The molecule has 4 aromatic rings. The maximum atomic E-state index is 13.4. The third kappa shape index (κ3) is 5.38. The quantitative estimate of drug-likeness (QED) is 0.328. The Hall–Kier alpha value is -3.84. The average Bonchev–Trinajstić information content (AvgIpc) is 3.40. The highest BCUT2D eigenvalue weighted by molar-refractivity contribution is 7.13. The molecular weight excluding hydrogens is 517 g/mol. The van der Waals surface area contributed by atoms with Crippen LogP contribution in [0.15, 0.2) is 42.0 Å². The summed E-state index contributed by atoms with van der Waals surface area (Å²) >= 11 is 0.868. The van der Waals surface area contributed by atoms with Gasteiger partial charge in [0.15, 0.2) is 5.69 Å². The minimum atomic E-state index is -4.59. The molecule has 0 spiro atoms. The van der Waals surface area contributed by atoms with Crippen LogP contribution in [0.25, 0.3) is 32.7 Å². The summed E-state index contributed by atoms with van der Waals surface area (Å²) in [5.74, 6) is 0.841. The van der Waals surface area contributed by atoms with Crippen molar-refractivity contribution in [2.45, 2.75) is 32.0 Å². The van der Waals surface area contributed by atoms with E-state index < -0.39 is 17.9 Å². The van der Waals surface area contributed by atoms with E-state index in [4.69, 9.17) is 10.7 Å². The molecule has 5 heterocycles. The molecular formula is C25H25F3N8OS. The molecule has 2 amide bonds. The second-order valence-electron chi connectivity index (χ2n) is 8.86. The molecule has 9 nitrogen and oxygen atoms in total. The second-order valence-corrected chi connectivity index (χ2v) is 9.72. The average molecular weight is 543 g/mol. The molecule has 198 valence electrons. The predicted molar refractivity (Wildman–Crippen MR) is 141 cm³/mol. The first-order valence-corrected chi connectivity index (χ1v) is 13.0. The Bertz CT molecular complexity index is 1470. The minimum Gasteiger partial charge on any atom is -0.356 e. The number of pyridine rings is 3. The van der Waals surface area contributed by atoms with Crippen molar-refractivity contribution in [1.29, 1.82) is 0 Å². The monoisotopic (exact) mass is 542 g/mol. The SMILES string of the molecule is CCNC(=O)Nc1cc(-c2nc(C(F)(F)F)cs2)c(-c2cc3ncccc3nc2N2CCC(N)CC2)cn1. The normalized spacial score (nSPS) is 14.6. The Labute approximate surface area is 220 Å². The van der Waals surface area contributed by atoms with Gasteiger partial charge < -0.3 is 16.0 Å². The largest absolute Gasteiger partial charge is 0.434 e. The van der Waals surface area contributed by atoms with Crippen LogP contribution in [0.3, 0.4) is 0 Å². The third-order valence-electron chi connectivity index (χ3n) is 6.20. The number of fused-ring (bicyclic) bond motifs is 1. The van der Waals surface area contributed by atoms with Gasteiger partial charge in [-0.05, 0) is 44.0 Å². The number of hydrogen-bond acceptors (Lipinski definition) is 8. The van der Waals surface area contributed by atoms with E-state index in [1.165, 1.54) is 12.3 Å². The van der Waals surface area contributed by atoms with Gasteiger partial charge >= 0.3 is 12.2 Å². The van der Waals surface area contributed by atoms with E-state index in [2.05, 4.69) is 30.5 Å². The van der Waals surface area contributed by atoms with Crippen LogP contribution < -0.4 is 21.3 Å².